The van der Waals surface area contributed by atoms with E-state index in [1.165, 1.54) is 22.0 Å². The Hall–Kier alpha value is -3.14. The monoisotopic (exact) mass is 445 g/mol. The van der Waals surface area contributed by atoms with Crippen LogP contribution >= 0.6 is 11.3 Å². The van der Waals surface area contributed by atoms with Gasteiger partial charge in [-0.3, -0.25) is 9.59 Å². The average molecular weight is 446 g/mol. The van der Waals surface area contributed by atoms with Gasteiger partial charge in [0.2, 0.25) is 10.1 Å². The molecule has 9 nitrogen and oxygen atoms in total. The number of carbonyl (C=O) groups is 1. The summed E-state index contributed by atoms with van der Waals surface area (Å²) in [5, 5.41) is 7.92. The number of rotatable bonds is 10. The smallest absolute Gasteiger partial charge is 0.288 e. The molecule has 0 fully saturated rings. The summed E-state index contributed by atoms with van der Waals surface area (Å²) in [7, 11) is 3.11. The number of aromatic nitrogens is 3. The van der Waals surface area contributed by atoms with Gasteiger partial charge in [-0.2, -0.15) is 4.52 Å². The number of methoxy groups -OCH3 is 2. The van der Waals surface area contributed by atoms with E-state index < -0.39 is 11.5 Å². The standard InChI is InChI=1S/C21H27N5O4S/c1-5-9-25(10-6-2)21-24-26-19(28)15(13-23-20(26)31-21)18(27)22-12-14-7-8-16(29-3)17(11-14)30-4/h7-8,11,13H,5-6,9-10,12H2,1-4H3,(H,22,27). The Bertz CT molecular complexity index is 1100. The van der Waals surface area contributed by atoms with Crippen molar-refractivity contribution in [3.63, 3.8) is 0 Å². The number of carbonyl (C=O) groups excluding carboxylic acids is 1. The van der Waals surface area contributed by atoms with Crippen molar-refractivity contribution in [2.24, 2.45) is 0 Å². The average Bonchev–Trinajstić information content (AvgIpc) is 3.22. The van der Waals surface area contributed by atoms with E-state index in [1.807, 2.05) is 6.07 Å². The van der Waals surface area contributed by atoms with Crippen molar-refractivity contribution in [2.45, 2.75) is 33.2 Å². The molecule has 0 unspecified atom stereocenters. The van der Waals surface area contributed by atoms with E-state index >= 15 is 0 Å². The summed E-state index contributed by atoms with van der Waals surface area (Å²) in [6.07, 6.45) is 3.26. The minimum Gasteiger partial charge on any atom is -0.493 e. The van der Waals surface area contributed by atoms with Crippen LogP contribution in [0, 0.1) is 0 Å². The molecule has 0 saturated heterocycles. The lowest BCUT2D eigenvalue weighted by atomic mass is 10.2. The molecule has 0 spiro atoms. The summed E-state index contributed by atoms with van der Waals surface area (Å²) in [5.74, 6) is 0.663. The lowest BCUT2D eigenvalue weighted by Gasteiger charge is -2.19. The number of nitrogens with zero attached hydrogens (tertiary/aromatic N) is 4. The molecule has 1 N–H and O–H groups in total. The molecule has 1 aromatic carbocycles. The van der Waals surface area contributed by atoms with Gasteiger partial charge in [-0.1, -0.05) is 31.3 Å². The van der Waals surface area contributed by atoms with Gasteiger partial charge >= 0.3 is 0 Å². The van der Waals surface area contributed by atoms with E-state index in [2.05, 4.69) is 34.1 Å². The highest BCUT2D eigenvalue weighted by Gasteiger charge is 2.18. The van der Waals surface area contributed by atoms with Crippen molar-refractivity contribution in [3.8, 4) is 11.5 Å². The third kappa shape index (κ3) is 4.96. The molecule has 3 rings (SSSR count). The van der Waals surface area contributed by atoms with Gasteiger partial charge in [-0.05, 0) is 30.5 Å². The second-order valence-corrected chi connectivity index (χ2v) is 7.85. The maximum atomic E-state index is 12.9. The first-order valence-corrected chi connectivity index (χ1v) is 11.0. The van der Waals surface area contributed by atoms with E-state index in [0.717, 1.165) is 36.6 Å². The third-order valence-corrected chi connectivity index (χ3v) is 5.66. The number of nitrogens with one attached hydrogen (secondary N) is 1. The molecule has 0 aliphatic rings. The molecule has 0 aliphatic heterocycles. The topological polar surface area (TPSA) is 98.1 Å². The maximum Gasteiger partial charge on any atom is 0.288 e. The minimum absolute atomic E-state index is 0.0487. The third-order valence-electron chi connectivity index (χ3n) is 4.68. The Balaban J connectivity index is 1.80. The lowest BCUT2D eigenvalue weighted by Crippen LogP contribution is -2.31. The van der Waals surface area contributed by atoms with Crippen molar-refractivity contribution in [3.05, 3.63) is 45.9 Å². The van der Waals surface area contributed by atoms with E-state index in [1.54, 1.807) is 26.4 Å². The first kappa shape index (κ1) is 22.5. The van der Waals surface area contributed by atoms with Crippen LogP contribution in [0.1, 0.15) is 42.6 Å². The Morgan fingerprint density at radius 2 is 1.87 bits per heavy atom. The van der Waals surface area contributed by atoms with Crippen molar-refractivity contribution < 1.29 is 14.3 Å². The molecule has 3 aromatic rings. The highest BCUT2D eigenvalue weighted by atomic mass is 32.1. The fraction of sp³-hybridized carbons (Fsp3) is 0.429. The van der Waals surface area contributed by atoms with Crippen molar-refractivity contribution in [2.75, 3.05) is 32.2 Å². The summed E-state index contributed by atoms with van der Waals surface area (Å²) in [4.78, 5) is 32.4. The highest BCUT2D eigenvalue weighted by molar-refractivity contribution is 7.20. The van der Waals surface area contributed by atoms with Crippen LogP contribution in [0.2, 0.25) is 0 Å². The maximum absolute atomic E-state index is 12.9. The zero-order valence-electron chi connectivity index (χ0n) is 18.2. The Kier molecular flexibility index (Phi) is 7.45. The molecule has 0 saturated carbocycles. The first-order valence-electron chi connectivity index (χ1n) is 10.1. The fourth-order valence-corrected chi connectivity index (χ4v) is 4.08. The number of hydrogen-bond acceptors (Lipinski definition) is 8. The summed E-state index contributed by atoms with van der Waals surface area (Å²) < 4.78 is 11.7. The van der Waals surface area contributed by atoms with Gasteiger partial charge in [0.1, 0.15) is 5.56 Å². The number of ether oxygens (including phenoxy) is 2. The Morgan fingerprint density at radius 1 is 1.16 bits per heavy atom. The van der Waals surface area contributed by atoms with Crippen LogP contribution in [-0.4, -0.2) is 47.8 Å². The summed E-state index contributed by atoms with van der Waals surface area (Å²) in [6, 6.07) is 5.35. The zero-order valence-corrected chi connectivity index (χ0v) is 19.0. The molecule has 0 bridgehead atoms. The number of amides is 1. The van der Waals surface area contributed by atoms with Crippen LogP contribution in [0.4, 0.5) is 5.13 Å². The predicted molar refractivity (Wildman–Crippen MR) is 121 cm³/mol. The normalized spacial score (nSPS) is 10.8. The van der Waals surface area contributed by atoms with Crippen LogP contribution in [0.5, 0.6) is 11.5 Å². The van der Waals surface area contributed by atoms with Crippen molar-refractivity contribution in [1.82, 2.24) is 19.9 Å². The van der Waals surface area contributed by atoms with E-state index in [-0.39, 0.29) is 12.1 Å². The molecular formula is C21H27N5O4S. The van der Waals surface area contributed by atoms with Crippen molar-refractivity contribution in [1.29, 1.82) is 0 Å². The van der Waals surface area contributed by atoms with Crippen LogP contribution in [0.15, 0.2) is 29.2 Å². The molecule has 0 atom stereocenters. The Morgan fingerprint density at radius 3 is 2.52 bits per heavy atom. The summed E-state index contributed by atoms with van der Waals surface area (Å²) in [6.45, 7) is 6.12. The van der Waals surface area contributed by atoms with Crippen molar-refractivity contribution >= 4 is 27.3 Å². The minimum atomic E-state index is -0.504. The largest absolute Gasteiger partial charge is 0.493 e. The molecule has 0 radical (unpaired) electrons. The number of hydrogen-bond donors (Lipinski definition) is 1. The van der Waals surface area contributed by atoms with Crippen LogP contribution in [0.3, 0.4) is 0 Å². The summed E-state index contributed by atoms with van der Waals surface area (Å²) in [5.41, 5.74) is 0.281. The summed E-state index contributed by atoms with van der Waals surface area (Å²) >= 11 is 1.35. The second-order valence-electron chi connectivity index (χ2n) is 6.92. The predicted octanol–water partition coefficient (Wildman–Crippen LogP) is 2.72. The molecular weight excluding hydrogens is 418 g/mol. The second kappa shape index (κ2) is 10.3. The first-order chi connectivity index (χ1) is 15.0. The van der Waals surface area contributed by atoms with E-state index in [9.17, 15) is 9.59 Å². The molecule has 31 heavy (non-hydrogen) atoms. The lowest BCUT2D eigenvalue weighted by molar-refractivity contribution is 0.0948. The number of fused-ring (bicyclic) bond motifs is 1. The van der Waals surface area contributed by atoms with Gasteiger partial charge in [0.25, 0.3) is 11.5 Å². The van der Waals surface area contributed by atoms with Crippen LogP contribution in [-0.2, 0) is 6.54 Å². The van der Waals surface area contributed by atoms with Crippen LogP contribution < -0.4 is 25.2 Å². The van der Waals surface area contributed by atoms with E-state index in [4.69, 9.17) is 9.47 Å². The SMILES string of the molecule is CCCN(CCC)c1nn2c(=O)c(C(=O)NCc3ccc(OC)c(OC)c3)cnc2s1. The molecule has 166 valence electrons. The van der Waals surface area contributed by atoms with E-state index in [0.29, 0.717) is 16.5 Å². The molecule has 2 aromatic heterocycles. The van der Waals surface area contributed by atoms with Gasteiger partial charge in [0, 0.05) is 25.8 Å². The van der Waals surface area contributed by atoms with Gasteiger partial charge in [0.05, 0.1) is 14.2 Å². The van der Waals surface area contributed by atoms with Crippen LogP contribution in [0.25, 0.3) is 4.96 Å². The molecule has 0 aliphatic carbocycles. The van der Waals surface area contributed by atoms with Gasteiger partial charge in [-0.15, -0.1) is 5.10 Å². The number of anilines is 1. The fourth-order valence-electron chi connectivity index (χ4n) is 3.17. The van der Waals surface area contributed by atoms with Gasteiger partial charge in [-0.25, -0.2) is 4.98 Å². The molecule has 2 heterocycles. The number of benzene rings is 1. The van der Waals surface area contributed by atoms with Gasteiger partial charge < -0.3 is 19.7 Å². The quantitative estimate of drug-likeness (QED) is 0.512. The highest BCUT2D eigenvalue weighted by Crippen LogP contribution is 2.27. The van der Waals surface area contributed by atoms with Gasteiger partial charge in [0.15, 0.2) is 11.5 Å². The molecule has 1 amide bonds. The molecule has 10 heteroatoms. The zero-order chi connectivity index (χ0) is 22.4. The Labute approximate surface area is 184 Å².